The Morgan fingerprint density at radius 3 is 2.78 bits per heavy atom. The Morgan fingerprint density at radius 1 is 1.44 bits per heavy atom. The number of benzene rings is 1. The average molecular weight is 248 g/mol. The van der Waals surface area contributed by atoms with Crippen LogP contribution in [0.25, 0.3) is 0 Å². The zero-order valence-electron chi connectivity index (χ0n) is 11.1. The van der Waals surface area contributed by atoms with Gasteiger partial charge in [-0.05, 0) is 44.4 Å². The molecule has 4 nitrogen and oxygen atoms in total. The highest BCUT2D eigenvalue weighted by atomic mass is 16.5. The molecule has 2 rings (SSSR count). The fraction of sp³-hybridized carbons (Fsp3) is 0.500. The lowest BCUT2D eigenvalue weighted by atomic mass is 10.2. The zero-order valence-corrected chi connectivity index (χ0v) is 11.1. The molecular weight excluding hydrogens is 228 g/mol. The number of ether oxygens (including phenoxy) is 1. The molecule has 0 bridgehead atoms. The van der Waals surface area contributed by atoms with Crippen molar-refractivity contribution in [1.29, 1.82) is 0 Å². The number of aryl methyl sites for hydroxylation is 1. The van der Waals surface area contributed by atoms with Crippen LogP contribution in [0.4, 0.5) is 5.69 Å². The molecule has 1 aromatic carbocycles. The van der Waals surface area contributed by atoms with E-state index in [2.05, 4.69) is 10.6 Å². The number of carbonyl (C=O) groups is 1. The molecule has 1 aliphatic carbocycles. The Bertz CT molecular complexity index is 441. The van der Waals surface area contributed by atoms with E-state index in [0.717, 1.165) is 29.8 Å². The van der Waals surface area contributed by atoms with Gasteiger partial charge < -0.3 is 15.4 Å². The lowest BCUT2D eigenvalue weighted by Crippen LogP contribution is -2.38. The Balaban J connectivity index is 2.02. The molecule has 1 atom stereocenters. The molecule has 1 aliphatic rings. The van der Waals surface area contributed by atoms with Crippen LogP contribution in [0, 0.1) is 6.92 Å². The van der Waals surface area contributed by atoms with Crippen LogP contribution in [0.3, 0.4) is 0 Å². The monoisotopic (exact) mass is 248 g/mol. The third kappa shape index (κ3) is 3.15. The number of amides is 1. The fourth-order valence-electron chi connectivity index (χ4n) is 1.79. The minimum Gasteiger partial charge on any atom is -0.495 e. The molecule has 98 valence electrons. The van der Waals surface area contributed by atoms with Crippen molar-refractivity contribution >= 4 is 11.6 Å². The maximum atomic E-state index is 11.9. The van der Waals surface area contributed by atoms with Crippen LogP contribution < -0.4 is 15.4 Å². The Labute approximate surface area is 108 Å². The van der Waals surface area contributed by atoms with Gasteiger partial charge in [-0.1, -0.05) is 6.07 Å². The summed E-state index contributed by atoms with van der Waals surface area (Å²) in [5.74, 6) is 0.799. The number of rotatable bonds is 5. The molecule has 0 spiro atoms. The summed E-state index contributed by atoms with van der Waals surface area (Å²) in [5.41, 5.74) is 1.99. The van der Waals surface area contributed by atoms with Crippen LogP contribution >= 0.6 is 0 Å². The summed E-state index contributed by atoms with van der Waals surface area (Å²) in [6.07, 6.45) is 2.21. The number of nitrogens with one attached hydrogen (secondary N) is 2. The molecular formula is C14H20N2O2. The van der Waals surface area contributed by atoms with E-state index in [1.165, 1.54) is 0 Å². The molecule has 0 heterocycles. The summed E-state index contributed by atoms with van der Waals surface area (Å²) in [6, 6.07) is 6.00. The Hall–Kier alpha value is -1.71. The molecule has 0 saturated heterocycles. The van der Waals surface area contributed by atoms with Crippen molar-refractivity contribution in [1.82, 2.24) is 5.32 Å². The van der Waals surface area contributed by atoms with E-state index in [1.807, 2.05) is 32.0 Å². The molecule has 0 radical (unpaired) electrons. The molecule has 4 heteroatoms. The van der Waals surface area contributed by atoms with Gasteiger partial charge in [0.15, 0.2) is 0 Å². The van der Waals surface area contributed by atoms with E-state index in [1.54, 1.807) is 7.11 Å². The summed E-state index contributed by atoms with van der Waals surface area (Å²) < 4.78 is 5.28. The van der Waals surface area contributed by atoms with Crippen molar-refractivity contribution in [2.45, 2.75) is 38.8 Å². The highest BCUT2D eigenvalue weighted by Gasteiger charge is 2.25. The Morgan fingerprint density at radius 2 is 2.17 bits per heavy atom. The second-order valence-electron chi connectivity index (χ2n) is 4.85. The van der Waals surface area contributed by atoms with Crippen molar-refractivity contribution in [3.63, 3.8) is 0 Å². The molecule has 1 saturated carbocycles. The first-order valence-corrected chi connectivity index (χ1v) is 6.31. The van der Waals surface area contributed by atoms with E-state index in [0.29, 0.717) is 6.04 Å². The second kappa shape index (κ2) is 5.29. The summed E-state index contributed by atoms with van der Waals surface area (Å²) in [4.78, 5) is 11.9. The fourth-order valence-corrected chi connectivity index (χ4v) is 1.79. The number of hydrogen-bond donors (Lipinski definition) is 2. The van der Waals surface area contributed by atoms with E-state index in [4.69, 9.17) is 4.74 Å². The predicted octanol–water partition coefficient (Wildman–Crippen LogP) is 2.08. The quantitative estimate of drug-likeness (QED) is 0.839. The van der Waals surface area contributed by atoms with Crippen LogP contribution in [0.15, 0.2) is 18.2 Å². The first-order chi connectivity index (χ1) is 8.60. The lowest BCUT2D eigenvalue weighted by molar-refractivity contribution is -0.121. The van der Waals surface area contributed by atoms with E-state index in [9.17, 15) is 4.79 Å². The Kier molecular flexibility index (Phi) is 3.75. The minimum absolute atomic E-state index is 0.0426. The number of carbonyl (C=O) groups excluding carboxylic acids is 1. The number of anilines is 1. The summed E-state index contributed by atoms with van der Waals surface area (Å²) in [5, 5.41) is 6.18. The molecule has 1 aromatic rings. The largest absolute Gasteiger partial charge is 0.495 e. The van der Waals surface area contributed by atoms with Gasteiger partial charge in [0, 0.05) is 6.04 Å². The zero-order chi connectivity index (χ0) is 13.1. The number of hydrogen-bond acceptors (Lipinski definition) is 3. The molecule has 1 amide bonds. The maximum absolute atomic E-state index is 11.9. The van der Waals surface area contributed by atoms with Gasteiger partial charge in [-0.3, -0.25) is 4.79 Å². The molecule has 0 aromatic heterocycles. The van der Waals surface area contributed by atoms with Crippen LogP contribution in [0.2, 0.25) is 0 Å². The smallest absolute Gasteiger partial charge is 0.242 e. The summed E-state index contributed by atoms with van der Waals surface area (Å²) >= 11 is 0. The first-order valence-electron chi connectivity index (χ1n) is 6.31. The molecule has 1 fully saturated rings. The van der Waals surface area contributed by atoms with Crippen LogP contribution in [-0.2, 0) is 4.79 Å². The second-order valence-corrected chi connectivity index (χ2v) is 4.85. The average Bonchev–Trinajstić information content (AvgIpc) is 3.13. The highest BCUT2D eigenvalue weighted by Crippen LogP contribution is 2.26. The molecule has 1 unspecified atom stereocenters. The standard InChI is InChI=1S/C14H20N2O2/c1-9-4-7-13(18-3)12(8-9)15-10(2)14(17)16-11-5-6-11/h4,7-8,10-11,15H,5-6H2,1-3H3,(H,16,17). The van der Waals surface area contributed by atoms with Crippen molar-refractivity contribution in [2.75, 3.05) is 12.4 Å². The normalized spacial score (nSPS) is 15.9. The summed E-state index contributed by atoms with van der Waals surface area (Å²) in [7, 11) is 1.63. The third-order valence-electron chi connectivity index (χ3n) is 3.04. The maximum Gasteiger partial charge on any atom is 0.242 e. The van der Waals surface area contributed by atoms with Crippen LogP contribution in [0.1, 0.15) is 25.3 Å². The van der Waals surface area contributed by atoms with Gasteiger partial charge in [-0.25, -0.2) is 0 Å². The van der Waals surface area contributed by atoms with Crippen LogP contribution in [0.5, 0.6) is 5.75 Å². The van der Waals surface area contributed by atoms with Gasteiger partial charge in [0.1, 0.15) is 11.8 Å². The minimum atomic E-state index is -0.263. The predicted molar refractivity (Wildman–Crippen MR) is 72.0 cm³/mol. The van der Waals surface area contributed by atoms with Gasteiger partial charge in [-0.15, -0.1) is 0 Å². The highest BCUT2D eigenvalue weighted by molar-refractivity contribution is 5.85. The van der Waals surface area contributed by atoms with E-state index < -0.39 is 0 Å². The first kappa shape index (κ1) is 12.7. The van der Waals surface area contributed by atoms with Crippen molar-refractivity contribution in [3.8, 4) is 5.75 Å². The molecule has 18 heavy (non-hydrogen) atoms. The topological polar surface area (TPSA) is 50.4 Å². The van der Waals surface area contributed by atoms with Gasteiger partial charge in [0.05, 0.1) is 12.8 Å². The molecule has 2 N–H and O–H groups in total. The van der Waals surface area contributed by atoms with Crippen molar-refractivity contribution in [2.24, 2.45) is 0 Å². The summed E-state index contributed by atoms with van der Waals surface area (Å²) in [6.45, 7) is 3.87. The van der Waals surface area contributed by atoms with Gasteiger partial charge in [0.2, 0.25) is 5.91 Å². The van der Waals surface area contributed by atoms with Crippen molar-refractivity contribution < 1.29 is 9.53 Å². The van der Waals surface area contributed by atoms with Gasteiger partial charge in [0.25, 0.3) is 0 Å². The van der Waals surface area contributed by atoms with Gasteiger partial charge in [-0.2, -0.15) is 0 Å². The lowest BCUT2D eigenvalue weighted by Gasteiger charge is -2.17. The van der Waals surface area contributed by atoms with E-state index in [-0.39, 0.29) is 11.9 Å². The van der Waals surface area contributed by atoms with Crippen LogP contribution in [-0.4, -0.2) is 25.1 Å². The molecule has 0 aliphatic heterocycles. The van der Waals surface area contributed by atoms with E-state index >= 15 is 0 Å². The van der Waals surface area contributed by atoms with Crippen molar-refractivity contribution in [3.05, 3.63) is 23.8 Å². The van der Waals surface area contributed by atoms with Gasteiger partial charge >= 0.3 is 0 Å². The SMILES string of the molecule is COc1ccc(C)cc1NC(C)C(=O)NC1CC1. The third-order valence-corrected chi connectivity index (χ3v) is 3.04. The number of methoxy groups -OCH3 is 1.